The highest BCUT2D eigenvalue weighted by atomic mass is 32.2. The Balaban J connectivity index is 2.43. The van der Waals surface area contributed by atoms with Gasteiger partial charge in [0.25, 0.3) is 10.0 Å². The van der Waals surface area contributed by atoms with Crippen molar-refractivity contribution in [3.63, 3.8) is 0 Å². The molecule has 0 saturated heterocycles. The largest absolute Gasteiger partial charge is 0.478 e. The summed E-state index contributed by atoms with van der Waals surface area (Å²) in [5.74, 6) is -1.15. The average molecular weight is 316 g/mol. The van der Waals surface area contributed by atoms with Gasteiger partial charge in [-0.25, -0.2) is 13.2 Å². The Bertz CT molecular complexity index is 883. The Morgan fingerprint density at radius 1 is 1.23 bits per heavy atom. The Labute approximate surface area is 127 Å². The van der Waals surface area contributed by atoms with Crippen LogP contribution in [0.25, 0.3) is 0 Å². The van der Waals surface area contributed by atoms with Crippen LogP contribution in [0.2, 0.25) is 0 Å². The van der Waals surface area contributed by atoms with Crippen molar-refractivity contribution in [2.75, 3.05) is 4.72 Å². The molecule has 2 aromatic carbocycles. The number of hydrogen-bond acceptors (Lipinski definition) is 4. The molecule has 0 saturated carbocycles. The summed E-state index contributed by atoms with van der Waals surface area (Å²) < 4.78 is 27.0. The van der Waals surface area contributed by atoms with Crippen molar-refractivity contribution in [1.82, 2.24) is 0 Å². The molecular weight excluding hydrogens is 304 g/mol. The number of carbonyl (C=O) groups is 1. The van der Waals surface area contributed by atoms with Crippen LogP contribution < -0.4 is 4.72 Å². The summed E-state index contributed by atoms with van der Waals surface area (Å²) in [5.41, 5.74) is 0.972. The molecular formula is C15H12N2O4S. The maximum absolute atomic E-state index is 12.3. The van der Waals surface area contributed by atoms with Crippen LogP contribution >= 0.6 is 0 Å². The van der Waals surface area contributed by atoms with Gasteiger partial charge in [0.2, 0.25) is 0 Å². The van der Waals surface area contributed by atoms with Crippen LogP contribution in [-0.4, -0.2) is 19.5 Å². The first-order valence-electron chi connectivity index (χ1n) is 6.20. The Hall–Kier alpha value is -2.85. The number of aromatic carboxylic acids is 1. The molecule has 2 N–H and O–H groups in total. The highest BCUT2D eigenvalue weighted by Gasteiger charge is 2.17. The molecule has 0 spiro atoms. The number of hydrogen-bond donors (Lipinski definition) is 2. The maximum Gasteiger partial charge on any atom is 0.335 e. The van der Waals surface area contributed by atoms with Gasteiger partial charge in [0.15, 0.2) is 0 Å². The van der Waals surface area contributed by atoms with E-state index in [0.29, 0.717) is 5.56 Å². The van der Waals surface area contributed by atoms with Crippen molar-refractivity contribution >= 4 is 21.7 Å². The van der Waals surface area contributed by atoms with E-state index in [1.807, 2.05) is 6.07 Å². The van der Waals surface area contributed by atoms with Crippen molar-refractivity contribution in [1.29, 1.82) is 5.26 Å². The number of aryl methyl sites for hydroxylation is 1. The van der Waals surface area contributed by atoms with E-state index in [2.05, 4.69) is 4.72 Å². The smallest absolute Gasteiger partial charge is 0.335 e. The first kappa shape index (κ1) is 15.5. The van der Waals surface area contributed by atoms with E-state index < -0.39 is 16.0 Å². The molecule has 22 heavy (non-hydrogen) atoms. The lowest BCUT2D eigenvalue weighted by molar-refractivity contribution is 0.0697. The zero-order chi connectivity index (χ0) is 16.3. The molecule has 0 radical (unpaired) electrons. The summed E-state index contributed by atoms with van der Waals surface area (Å²) in [4.78, 5) is 10.9. The molecule has 0 atom stereocenters. The minimum atomic E-state index is -3.90. The molecule has 2 aromatic rings. The molecule has 0 bridgehead atoms. The van der Waals surface area contributed by atoms with Crippen molar-refractivity contribution in [2.24, 2.45) is 0 Å². The summed E-state index contributed by atoms with van der Waals surface area (Å²) in [6, 6.07) is 11.6. The molecule has 0 amide bonds. The third-order valence-electron chi connectivity index (χ3n) is 3.00. The van der Waals surface area contributed by atoms with Gasteiger partial charge in [-0.05, 0) is 42.8 Å². The summed E-state index contributed by atoms with van der Waals surface area (Å²) in [7, 11) is -3.90. The highest BCUT2D eigenvalue weighted by Crippen LogP contribution is 2.21. The predicted octanol–water partition coefficient (Wildman–Crippen LogP) is 2.37. The van der Waals surface area contributed by atoms with Crippen LogP contribution in [0.4, 0.5) is 5.69 Å². The number of rotatable bonds is 4. The van der Waals surface area contributed by atoms with E-state index >= 15 is 0 Å². The van der Waals surface area contributed by atoms with E-state index in [1.54, 1.807) is 6.92 Å². The average Bonchev–Trinajstić information content (AvgIpc) is 2.49. The van der Waals surface area contributed by atoms with Gasteiger partial charge in [0.1, 0.15) is 0 Å². The monoisotopic (exact) mass is 316 g/mol. The summed E-state index contributed by atoms with van der Waals surface area (Å²) in [5, 5.41) is 17.8. The van der Waals surface area contributed by atoms with Crippen molar-refractivity contribution in [2.45, 2.75) is 11.8 Å². The van der Waals surface area contributed by atoms with Gasteiger partial charge in [-0.2, -0.15) is 5.26 Å². The minimum absolute atomic E-state index is 0.0194. The lowest BCUT2D eigenvalue weighted by Gasteiger charge is -2.11. The summed E-state index contributed by atoms with van der Waals surface area (Å²) in [6.07, 6.45) is 0. The zero-order valence-corrected chi connectivity index (χ0v) is 12.4. The van der Waals surface area contributed by atoms with Crippen LogP contribution in [0.1, 0.15) is 21.5 Å². The first-order valence-corrected chi connectivity index (χ1v) is 7.69. The normalized spacial score (nSPS) is 10.7. The van der Waals surface area contributed by atoms with Crippen molar-refractivity contribution in [3.8, 4) is 6.07 Å². The third kappa shape index (κ3) is 3.24. The van der Waals surface area contributed by atoms with Gasteiger partial charge in [0, 0.05) is 0 Å². The van der Waals surface area contributed by atoms with E-state index in [4.69, 9.17) is 10.4 Å². The number of carboxylic acid groups (broad SMARTS) is 1. The minimum Gasteiger partial charge on any atom is -0.478 e. The van der Waals surface area contributed by atoms with Gasteiger partial charge >= 0.3 is 5.97 Å². The Morgan fingerprint density at radius 2 is 1.95 bits per heavy atom. The Morgan fingerprint density at radius 3 is 2.59 bits per heavy atom. The van der Waals surface area contributed by atoms with Gasteiger partial charge in [-0.15, -0.1) is 0 Å². The van der Waals surface area contributed by atoms with Crippen LogP contribution in [0.3, 0.4) is 0 Å². The predicted molar refractivity (Wildman–Crippen MR) is 80.1 cm³/mol. The number of nitrogens with zero attached hydrogens (tertiary/aromatic N) is 1. The fourth-order valence-corrected chi connectivity index (χ4v) is 2.97. The lowest BCUT2D eigenvalue weighted by Crippen LogP contribution is -2.14. The van der Waals surface area contributed by atoms with E-state index in [0.717, 1.165) is 0 Å². The topological polar surface area (TPSA) is 107 Å². The van der Waals surface area contributed by atoms with Crippen molar-refractivity contribution in [3.05, 3.63) is 59.2 Å². The van der Waals surface area contributed by atoms with Crippen LogP contribution in [-0.2, 0) is 10.0 Å². The molecule has 0 aliphatic heterocycles. The van der Waals surface area contributed by atoms with Gasteiger partial charge in [0.05, 0.1) is 27.8 Å². The van der Waals surface area contributed by atoms with Gasteiger partial charge in [-0.3, -0.25) is 4.72 Å². The summed E-state index contributed by atoms with van der Waals surface area (Å²) in [6.45, 7) is 1.66. The number of nitrogens with one attached hydrogen (secondary N) is 1. The molecule has 0 aliphatic rings. The second kappa shape index (κ2) is 5.87. The Kier molecular flexibility index (Phi) is 4.15. The quantitative estimate of drug-likeness (QED) is 0.900. The second-order valence-electron chi connectivity index (χ2n) is 4.58. The lowest BCUT2D eigenvalue weighted by atomic mass is 10.1. The summed E-state index contributed by atoms with van der Waals surface area (Å²) >= 11 is 0. The molecule has 6 nitrogen and oxygen atoms in total. The fourth-order valence-electron chi connectivity index (χ4n) is 1.80. The van der Waals surface area contributed by atoms with Crippen LogP contribution in [0, 0.1) is 18.3 Å². The van der Waals surface area contributed by atoms with Gasteiger partial charge in [-0.1, -0.05) is 12.1 Å². The number of sulfonamides is 1. The van der Waals surface area contributed by atoms with Crippen LogP contribution in [0.15, 0.2) is 47.4 Å². The van der Waals surface area contributed by atoms with E-state index in [1.165, 1.54) is 42.5 Å². The zero-order valence-electron chi connectivity index (χ0n) is 11.6. The van der Waals surface area contributed by atoms with E-state index in [9.17, 15) is 13.2 Å². The van der Waals surface area contributed by atoms with Crippen molar-refractivity contribution < 1.29 is 18.3 Å². The number of nitriles is 1. The van der Waals surface area contributed by atoms with Gasteiger partial charge < -0.3 is 5.11 Å². The number of benzene rings is 2. The SMILES string of the molecule is Cc1ccc(C(=O)O)cc1NS(=O)(=O)c1cccc(C#N)c1. The molecule has 0 aliphatic carbocycles. The standard InChI is InChI=1S/C15H12N2O4S/c1-10-5-6-12(15(18)19)8-14(10)17-22(20,21)13-4-2-3-11(7-13)9-16/h2-8,17H,1H3,(H,18,19). The second-order valence-corrected chi connectivity index (χ2v) is 6.26. The first-order chi connectivity index (χ1) is 10.3. The number of carboxylic acids is 1. The molecule has 0 heterocycles. The molecule has 0 aromatic heterocycles. The third-order valence-corrected chi connectivity index (χ3v) is 4.37. The molecule has 7 heteroatoms. The number of anilines is 1. The highest BCUT2D eigenvalue weighted by molar-refractivity contribution is 7.92. The van der Waals surface area contributed by atoms with Crippen LogP contribution in [0.5, 0.6) is 0 Å². The maximum atomic E-state index is 12.3. The fraction of sp³-hybridized carbons (Fsp3) is 0.0667. The molecule has 2 rings (SSSR count). The molecule has 0 fully saturated rings. The van der Waals surface area contributed by atoms with E-state index in [-0.39, 0.29) is 21.7 Å². The molecule has 0 unspecified atom stereocenters. The molecule has 112 valence electrons.